The molecule has 1 aliphatic rings. The highest BCUT2D eigenvalue weighted by Gasteiger charge is 2.15. The molecule has 1 saturated heterocycles. The lowest BCUT2D eigenvalue weighted by Gasteiger charge is -2.24. The molecule has 120 valence electrons. The number of likely N-dealkylation sites (N-methyl/N-ethyl adjacent to an activating group) is 1. The van der Waals surface area contributed by atoms with Crippen molar-refractivity contribution >= 4 is 29.0 Å². The number of hydrogen-bond donors (Lipinski definition) is 1. The highest BCUT2D eigenvalue weighted by molar-refractivity contribution is 7.80. The summed E-state index contributed by atoms with van der Waals surface area (Å²) in [4.78, 5) is 16.1. The number of anilines is 1. The van der Waals surface area contributed by atoms with E-state index in [1.54, 1.807) is 19.1 Å². The molecule has 0 saturated carbocycles. The molecule has 1 aromatic carbocycles. The SMILES string of the molecule is CCOC(=O)c1ccc(NC(=S)N2CCCN(C)CC2)cc1. The minimum absolute atomic E-state index is 0.299. The predicted molar refractivity (Wildman–Crippen MR) is 92.3 cm³/mol. The molecule has 1 aliphatic heterocycles. The third-order valence-corrected chi connectivity index (χ3v) is 4.01. The maximum Gasteiger partial charge on any atom is 0.338 e. The van der Waals surface area contributed by atoms with Gasteiger partial charge in [-0.25, -0.2) is 4.79 Å². The van der Waals surface area contributed by atoms with Crippen molar-refractivity contribution in [3.63, 3.8) is 0 Å². The molecule has 0 aromatic heterocycles. The summed E-state index contributed by atoms with van der Waals surface area (Å²) < 4.78 is 4.97. The quantitative estimate of drug-likeness (QED) is 0.680. The monoisotopic (exact) mass is 321 g/mol. The third kappa shape index (κ3) is 4.68. The van der Waals surface area contributed by atoms with Gasteiger partial charge < -0.3 is 19.9 Å². The van der Waals surface area contributed by atoms with Gasteiger partial charge in [-0.15, -0.1) is 0 Å². The Morgan fingerprint density at radius 1 is 1.23 bits per heavy atom. The van der Waals surface area contributed by atoms with Gasteiger partial charge in [-0.3, -0.25) is 0 Å². The van der Waals surface area contributed by atoms with Gasteiger partial charge in [-0.2, -0.15) is 0 Å². The summed E-state index contributed by atoms with van der Waals surface area (Å²) in [5.41, 5.74) is 1.44. The average Bonchev–Trinajstić information content (AvgIpc) is 2.73. The van der Waals surface area contributed by atoms with E-state index in [2.05, 4.69) is 22.2 Å². The van der Waals surface area contributed by atoms with Crippen LogP contribution in [0.1, 0.15) is 23.7 Å². The maximum atomic E-state index is 11.6. The van der Waals surface area contributed by atoms with E-state index in [0.717, 1.165) is 43.4 Å². The molecule has 0 atom stereocenters. The van der Waals surface area contributed by atoms with E-state index in [-0.39, 0.29) is 5.97 Å². The fourth-order valence-corrected chi connectivity index (χ4v) is 2.66. The molecule has 0 bridgehead atoms. The highest BCUT2D eigenvalue weighted by atomic mass is 32.1. The number of carbonyl (C=O) groups is 1. The standard InChI is InChI=1S/C16H23N3O2S/c1-3-21-15(20)13-5-7-14(8-6-13)17-16(22)19-10-4-9-18(2)11-12-19/h5-8H,3-4,9-12H2,1-2H3,(H,17,22). The molecule has 0 amide bonds. The minimum atomic E-state index is -0.299. The van der Waals surface area contributed by atoms with Crippen molar-refractivity contribution in [2.75, 3.05) is 45.2 Å². The van der Waals surface area contributed by atoms with E-state index in [9.17, 15) is 4.79 Å². The van der Waals surface area contributed by atoms with Crippen molar-refractivity contribution in [2.45, 2.75) is 13.3 Å². The van der Waals surface area contributed by atoms with Crippen LogP contribution in [0.3, 0.4) is 0 Å². The first-order valence-electron chi connectivity index (χ1n) is 7.62. The zero-order valence-electron chi connectivity index (χ0n) is 13.2. The zero-order valence-corrected chi connectivity index (χ0v) is 14.0. The lowest BCUT2D eigenvalue weighted by Crippen LogP contribution is -2.37. The number of rotatable bonds is 3. The predicted octanol–water partition coefficient (Wildman–Crippen LogP) is 2.20. The van der Waals surface area contributed by atoms with Crippen LogP contribution in [0.2, 0.25) is 0 Å². The molecule has 0 aliphatic carbocycles. The molecule has 5 nitrogen and oxygen atoms in total. The van der Waals surface area contributed by atoms with Gasteiger partial charge in [0.25, 0.3) is 0 Å². The van der Waals surface area contributed by atoms with Gasteiger partial charge in [-0.05, 0) is 63.4 Å². The van der Waals surface area contributed by atoms with Crippen molar-refractivity contribution in [2.24, 2.45) is 0 Å². The van der Waals surface area contributed by atoms with Gasteiger partial charge in [0.1, 0.15) is 0 Å². The van der Waals surface area contributed by atoms with Gasteiger partial charge in [0.2, 0.25) is 0 Å². The summed E-state index contributed by atoms with van der Waals surface area (Å²) in [7, 11) is 2.13. The first-order valence-corrected chi connectivity index (χ1v) is 8.02. The van der Waals surface area contributed by atoms with Gasteiger partial charge in [0.15, 0.2) is 5.11 Å². The summed E-state index contributed by atoms with van der Waals surface area (Å²) >= 11 is 5.49. The fourth-order valence-electron chi connectivity index (χ4n) is 2.36. The van der Waals surface area contributed by atoms with Crippen LogP contribution in [-0.2, 0) is 4.74 Å². The molecule has 0 unspecified atom stereocenters. The molecular weight excluding hydrogens is 298 g/mol. The van der Waals surface area contributed by atoms with Gasteiger partial charge in [0.05, 0.1) is 12.2 Å². The summed E-state index contributed by atoms with van der Waals surface area (Å²) in [6.07, 6.45) is 1.11. The Hall–Kier alpha value is -1.66. The molecule has 1 heterocycles. The van der Waals surface area contributed by atoms with Gasteiger partial charge in [-0.1, -0.05) is 0 Å². The lowest BCUT2D eigenvalue weighted by molar-refractivity contribution is 0.0526. The van der Waals surface area contributed by atoms with Crippen LogP contribution in [0.15, 0.2) is 24.3 Å². The Morgan fingerprint density at radius 2 is 1.95 bits per heavy atom. The number of carbonyl (C=O) groups excluding carboxylic acids is 1. The highest BCUT2D eigenvalue weighted by Crippen LogP contribution is 2.12. The van der Waals surface area contributed by atoms with Crippen LogP contribution in [0.5, 0.6) is 0 Å². The average molecular weight is 321 g/mol. The van der Waals surface area contributed by atoms with Crippen LogP contribution in [0, 0.1) is 0 Å². The Morgan fingerprint density at radius 3 is 2.64 bits per heavy atom. The zero-order chi connectivity index (χ0) is 15.9. The van der Waals surface area contributed by atoms with Crippen molar-refractivity contribution in [3.8, 4) is 0 Å². The Bertz CT molecular complexity index is 519. The molecular formula is C16H23N3O2S. The topological polar surface area (TPSA) is 44.8 Å². The van der Waals surface area contributed by atoms with Crippen molar-refractivity contribution in [1.29, 1.82) is 0 Å². The van der Waals surface area contributed by atoms with Crippen molar-refractivity contribution in [1.82, 2.24) is 9.80 Å². The molecule has 0 radical (unpaired) electrons. The van der Waals surface area contributed by atoms with E-state index in [1.165, 1.54) is 0 Å². The molecule has 1 N–H and O–H groups in total. The molecule has 2 rings (SSSR count). The van der Waals surface area contributed by atoms with Crippen molar-refractivity contribution in [3.05, 3.63) is 29.8 Å². The van der Waals surface area contributed by atoms with Gasteiger partial charge in [0, 0.05) is 25.3 Å². The molecule has 1 fully saturated rings. The number of nitrogens with one attached hydrogen (secondary N) is 1. The molecule has 6 heteroatoms. The number of thiocarbonyl (C=S) groups is 1. The Kier molecular flexibility index (Phi) is 6.15. The molecule has 1 aromatic rings. The van der Waals surface area contributed by atoms with Crippen LogP contribution >= 0.6 is 12.2 Å². The maximum absolute atomic E-state index is 11.6. The number of esters is 1. The summed E-state index contributed by atoms with van der Waals surface area (Å²) in [5, 5.41) is 3.97. The van der Waals surface area contributed by atoms with E-state index < -0.39 is 0 Å². The smallest absolute Gasteiger partial charge is 0.338 e. The van der Waals surface area contributed by atoms with E-state index >= 15 is 0 Å². The minimum Gasteiger partial charge on any atom is -0.462 e. The first-order chi connectivity index (χ1) is 10.6. The fraction of sp³-hybridized carbons (Fsp3) is 0.500. The largest absolute Gasteiger partial charge is 0.462 e. The first kappa shape index (κ1) is 16.7. The normalized spacial score (nSPS) is 16.0. The van der Waals surface area contributed by atoms with E-state index in [1.807, 2.05) is 12.1 Å². The Balaban J connectivity index is 1.92. The summed E-state index contributed by atoms with van der Waals surface area (Å²) in [5.74, 6) is -0.299. The third-order valence-electron chi connectivity index (χ3n) is 3.65. The Labute approximate surface area is 137 Å². The van der Waals surface area contributed by atoms with Gasteiger partial charge >= 0.3 is 5.97 Å². The van der Waals surface area contributed by atoms with E-state index in [4.69, 9.17) is 17.0 Å². The molecule has 0 spiro atoms. The number of nitrogens with zero attached hydrogens (tertiary/aromatic N) is 2. The van der Waals surface area contributed by atoms with Crippen LogP contribution in [-0.4, -0.2) is 60.7 Å². The van der Waals surface area contributed by atoms with Crippen LogP contribution < -0.4 is 5.32 Å². The second-order valence-corrected chi connectivity index (χ2v) is 5.76. The second-order valence-electron chi connectivity index (χ2n) is 5.37. The summed E-state index contributed by atoms with van der Waals surface area (Å²) in [6.45, 7) is 6.20. The van der Waals surface area contributed by atoms with Crippen LogP contribution in [0.25, 0.3) is 0 Å². The number of hydrogen-bond acceptors (Lipinski definition) is 4. The lowest BCUT2D eigenvalue weighted by atomic mass is 10.2. The number of ether oxygens (including phenoxy) is 1. The number of benzene rings is 1. The molecule has 22 heavy (non-hydrogen) atoms. The van der Waals surface area contributed by atoms with E-state index in [0.29, 0.717) is 12.2 Å². The second kappa shape index (κ2) is 8.10. The van der Waals surface area contributed by atoms with Crippen LogP contribution in [0.4, 0.5) is 5.69 Å². The summed E-state index contributed by atoms with van der Waals surface area (Å²) in [6, 6.07) is 7.20. The van der Waals surface area contributed by atoms with Crippen molar-refractivity contribution < 1.29 is 9.53 Å².